The summed E-state index contributed by atoms with van der Waals surface area (Å²) in [5.41, 5.74) is 1.76. The summed E-state index contributed by atoms with van der Waals surface area (Å²) in [6.07, 6.45) is 0. The van der Waals surface area contributed by atoms with Gasteiger partial charge in [0.15, 0.2) is 0 Å². The molecule has 0 radical (unpaired) electrons. The molecule has 1 heterocycles. The van der Waals surface area contributed by atoms with Crippen LogP contribution in [-0.4, -0.2) is 42.1 Å². The normalized spacial score (nSPS) is 16.6. The Bertz CT molecular complexity index is 824. The molecule has 0 unspecified atom stereocenters. The molecule has 0 aliphatic carbocycles. The van der Waals surface area contributed by atoms with Gasteiger partial charge < -0.3 is 25.2 Å². The van der Waals surface area contributed by atoms with E-state index in [0.717, 1.165) is 0 Å². The van der Waals surface area contributed by atoms with E-state index in [-0.39, 0.29) is 39.9 Å². The Kier molecular flexibility index (Phi) is 7.88. The van der Waals surface area contributed by atoms with Gasteiger partial charge in [0, 0.05) is 16.7 Å². The smallest absolute Gasteiger partial charge is 0.336 e. The molecular formula is C18H19BrClN2O6-. The van der Waals surface area contributed by atoms with Crippen molar-refractivity contribution >= 4 is 45.2 Å². The van der Waals surface area contributed by atoms with Gasteiger partial charge in [-0.1, -0.05) is 28.1 Å². The van der Waals surface area contributed by atoms with E-state index in [4.69, 9.17) is 21.1 Å². The second kappa shape index (κ2) is 9.92. The number of hydrogen-bond acceptors (Lipinski definition) is 8. The fourth-order valence-electron chi connectivity index (χ4n) is 2.99. The van der Waals surface area contributed by atoms with Crippen molar-refractivity contribution in [2.45, 2.75) is 12.8 Å². The maximum atomic E-state index is 12.8. The van der Waals surface area contributed by atoms with Crippen LogP contribution in [0.15, 0.2) is 46.8 Å². The number of methoxy groups -OCH3 is 1. The molecule has 0 saturated carbocycles. The number of benzene rings is 1. The number of carbonyl (C=O) groups excluding carboxylic acids is 2. The highest BCUT2D eigenvalue weighted by Gasteiger charge is 2.38. The SMILES string of the molecule is COC(=O)C1=C(C)NC(CBr)=C(C(=O)OCCCl)[C@@H]1c1cccc(N([O-])O)c1. The van der Waals surface area contributed by atoms with Crippen LogP contribution in [-0.2, 0) is 19.1 Å². The molecular weight excluding hydrogens is 456 g/mol. The maximum Gasteiger partial charge on any atom is 0.336 e. The van der Waals surface area contributed by atoms with Crippen molar-refractivity contribution < 1.29 is 24.3 Å². The predicted octanol–water partition coefficient (Wildman–Crippen LogP) is 2.94. The average molecular weight is 475 g/mol. The second-order valence-electron chi connectivity index (χ2n) is 5.81. The Hall–Kier alpha value is -2.07. The first-order valence-corrected chi connectivity index (χ1v) is 9.85. The zero-order valence-electron chi connectivity index (χ0n) is 15.2. The van der Waals surface area contributed by atoms with Crippen molar-refractivity contribution in [3.63, 3.8) is 0 Å². The molecule has 1 aromatic rings. The zero-order valence-corrected chi connectivity index (χ0v) is 17.5. The Morgan fingerprint density at radius 3 is 2.64 bits per heavy atom. The number of rotatable bonds is 7. The van der Waals surface area contributed by atoms with Crippen molar-refractivity contribution in [3.05, 3.63) is 57.6 Å². The highest BCUT2D eigenvalue weighted by molar-refractivity contribution is 9.09. The molecule has 0 amide bonds. The van der Waals surface area contributed by atoms with Gasteiger partial charge in [-0.15, -0.1) is 11.6 Å². The molecule has 2 N–H and O–H groups in total. The topological polar surface area (TPSA) is 111 Å². The van der Waals surface area contributed by atoms with E-state index in [1.165, 1.54) is 25.3 Å². The summed E-state index contributed by atoms with van der Waals surface area (Å²) in [7, 11) is 1.23. The number of alkyl halides is 2. The molecule has 28 heavy (non-hydrogen) atoms. The first kappa shape index (κ1) is 22.2. The van der Waals surface area contributed by atoms with Crippen molar-refractivity contribution in [2.24, 2.45) is 0 Å². The van der Waals surface area contributed by atoms with Gasteiger partial charge in [0.25, 0.3) is 0 Å². The van der Waals surface area contributed by atoms with Gasteiger partial charge in [0.1, 0.15) is 6.61 Å². The molecule has 10 heteroatoms. The van der Waals surface area contributed by atoms with E-state index in [1.54, 1.807) is 13.0 Å². The number of nitrogens with zero attached hydrogens (tertiary/aromatic N) is 1. The van der Waals surface area contributed by atoms with E-state index >= 15 is 0 Å². The first-order valence-electron chi connectivity index (χ1n) is 8.20. The number of ether oxygens (including phenoxy) is 2. The Morgan fingerprint density at radius 2 is 2.07 bits per heavy atom. The monoisotopic (exact) mass is 473 g/mol. The summed E-state index contributed by atoms with van der Waals surface area (Å²) in [4.78, 5) is 25.3. The molecule has 1 aliphatic heterocycles. The highest BCUT2D eigenvalue weighted by atomic mass is 79.9. The van der Waals surface area contributed by atoms with E-state index in [0.29, 0.717) is 17.0 Å². The summed E-state index contributed by atoms with van der Waals surface area (Å²) in [6.45, 7) is 1.67. The number of nitrogens with one attached hydrogen (secondary N) is 1. The number of carbonyl (C=O) groups is 2. The van der Waals surface area contributed by atoms with E-state index < -0.39 is 17.9 Å². The molecule has 0 fully saturated rings. The van der Waals surface area contributed by atoms with Gasteiger partial charge in [-0.05, 0) is 24.6 Å². The lowest BCUT2D eigenvalue weighted by atomic mass is 9.80. The Labute approximate surface area is 175 Å². The van der Waals surface area contributed by atoms with Crippen LogP contribution in [0, 0.1) is 5.21 Å². The van der Waals surface area contributed by atoms with Crippen LogP contribution in [0.1, 0.15) is 18.4 Å². The number of allylic oxidation sites excluding steroid dienone is 2. The quantitative estimate of drug-likeness (QED) is 0.352. The molecule has 152 valence electrons. The molecule has 0 spiro atoms. The molecule has 0 aromatic heterocycles. The summed E-state index contributed by atoms with van der Waals surface area (Å²) in [5, 5.41) is 23.6. The molecule has 0 saturated heterocycles. The highest BCUT2D eigenvalue weighted by Crippen LogP contribution is 2.40. The first-order chi connectivity index (χ1) is 13.3. The summed E-state index contributed by atoms with van der Waals surface area (Å²) in [5.74, 6) is -2.05. The average Bonchev–Trinajstić information content (AvgIpc) is 2.70. The third-order valence-corrected chi connectivity index (χ3v) is 4.85. The second-order valence-corrected chi connectivity index (χ2v) is 6.75. The third kappa shape index (κ3) is 4.67. The van der Waals surface area contributed by atoms with Crippen LogP contribution in [0.4, 0.5) is 5.69 Å². The molecule has 0 bridgehead atoms. The van der Waals surface area contributed by atoms with E-state index in [2.05, 4.69) is 21.2 Å². The maximum absolute atomic E-state index is 12.8. The number of esters is 2. The Morgan fingerprint density at radius 1 is 1.36 bits per heavy atom. The fourth-order valence-corrected chi connectivity index (χ4v) is 3.51. The van der Waals surface area contributed by atoms with E-state index in [9.17, 15) is 20.0 Å². The van der Waals surface area contributed by atoms with Gasteiger partial charge in [-0.2, -0.15) is 0 Å². The molecule has 1 aromatic carbocycles. The van der Waals surface area contributed by atoms with Crippen LogP contribution in [0.25, 0.3) is 0 Å². The van der Waals surface area contributed by atoms with Gasteiger partial charge in [-0.25, -0.2) is 9.59 Å². The largest absolute Gasteiger partial charge is 0.733 e. The number of hydrogen-bond donors (Lipinski definition) is 2. The van der Waals surface area contributed by atoms with Gasteiger partial charge in [-0.3, -0.25) is 5.21 Å². The third-order valence-electron chi connectivity index (χ3n) is 4.14. The van der Waals surface area contributed by atoms with Crippen LogP contribution < -0.4 is 10.5 Å². The number of anilines is 1. The van der Waals surface area contributed by atoms with Crippen LogP contribution in [0.2, 0.25) is 0 Å². The summed E-state index contributed by atoms with van der Waals surface area (Å²) >= 11 is 8.95. The standard InChI is InChI=1S/C18H19BrClN2O6/c1-10-14(17(23)27-2)15(11-4-3-5-12(8-11)22(25)26)16(13(9-19)21-10)18(24)28-7-6-20/h3-5,8,15,21,25H,6-7,9H2,1-2H3/q-1/t15-/m1/s1. The molecule has 8 nitrogen and oxygen atoms in total. The minimum atomic E-state index is -0.871. The van der Waals surface area contributed by atoms with Gasteiger partial charge in [0.2, 0.25) is 0 Å². The Balaban J connectivity index is 2.69. The lowest BCUT2D eigenvalue weighted by molar-refractivity contribution is -0.139. The molecule has 1 aliphatic rings. The summed E-state index contributed by atoms with van der Waals surface area (Å²) < 4.78 is 10.1. The lowest BCUT2D eigenvalue weighted by Gasteiger charge is -2.31. The van der Waals surface area contributed by atoms with Crippen LogP contribution >= 0.6 is 27.5 Å². The van der Waals surface area contributed by atoms with E-state index in [1.807, 2.05) is 0 Å². The van der Waals surface area contributed by atoms with Crippen LogP contribution in [0.3, 0.4) is 0 Å². The predicted molar refractivity (Wildman–Crippen MR) is 107 cm³/mol. The van der Waals surface area contributed by atoms with Crippen molar-refractivity contribution in [2.75, 3.05) is 30.2 Å². The van der Waals surface area contributed by atoms with Crippen molar-refractivity contribution in [1.29, 1.82) is 0 Å². The van der Waals surface area contributed by atoms with Gasteiger partial charge in [0.05, 0.1) is 35.7 Å². The minimum Gasteiger partial charge on any atom is -0.733 e. The zero-order chi connectivity index (χ0) is 20.8. The lowest BCUT2D eigenvalue weighted by Crippen LogP contribution is -2.33. The number of halogens is 2. The fraction of sp³-hybridized carbons (Fsp3) is 0.333. The summed E-state index contributed by atoms with van der Waals surface area (Å²) in [6, 6.07) is 5.96. The molecule has 1 atom stereocenters. The van der Waals surface area contributed by atoms with Gasteiger partial charge >= 0.3 is 11.9 Å². The minimum absolute atomic E-state index is 0.00650. The van der Waals surface area contributed by atoms with Crippen LogP contribution in [0.5, 0.6) is 0 Å². The van der Waals surface area contributed by atoms with Crippen molar-refractivity contribution in [1.82, 2.24) is 5.32 Å². The molecule has 2 rings (SSSR count). The van der Waals surface area contributed by atoms with Crippen molar-refractivity contribution in [3.8, 4) is 0 Å². The number of dihydropyridines is 1.